The van der Waals surface area contributed by atoms with Crippen LogP contribution in [-0.4, -0.2) is 48.4 Å². The molecule has 1 N–H and O–H groups in total. The lowest BCUT2D eigenvalue weighted by atomic mass is 9.89. The van der Waals surface area contributed by atoms with Gasteiger partial charge in [-0.15, -0.1) is 11.3 Å². The van der Waals surface area contributed by atoms with Gasteiger partial charge in [0, 0.05) is 47.6 Å². The molecule has 31 heavy (non-hydrogen) atoms. The van der Waals surface area contributed by atoms with E-state index in [4.69, 9.17) is 23.2 Å². The Bertz CT molecular complexity index is 1010. The van der Waals surface area contributed by atoms with Gasteiger partial charge in [-0.2, -0.15) is 5.26 Å². The van der Waals surface area contributed by atoms with Crippen molar-refractivity contribution in [2.45, 2.75) is 32.7 Å². The molecule has 4 rings (SSSR count). The summed E-state index contributed by atoms with van der Waals surface area (Å²) in [6.07, 6.45) is 3.05. The van der Waals surface area contributed by atoms with Crippen LogP contribution in [0.5, 0.6) is 0 Å². The number of carbonyl (C=O) groups excluding carboxylic acids is 1. The quantitative estimate of drug-likeness (QED) is 0.672. The monoisotopic (exact) mass is 476 g/mol. The zero-order chi connectivity index (χ0) is 22.0. The Labute approximate surface area is 197 Å². The first kappa shape index (κ1) is 22.6. The Morgan fingerprint density at radius 1 is 1.26 bits per heavy atom. The largest absolute Gasteiger partial charge is 0.315 e. The maximum atomic E-state index is 12.7. The van der Waals surface area contributed by atoms with Gasteiger partial charge in [-0.1, -0.05) is 36.2 Å². The molecule has 1 aromatic carbocycles. The van der Waals surface area contributed by atoms with Crippen molar-refractivity contribution >= 4 is 45.4 Å². The number of hydrogen-bond donors (Lipinski definition) is 1. The molecule has 2 heterocycles. The summed E-state index contributed by atoms with van der Waals surface area (Å²) in [7, 11) is 0. The van der Waals surface area contributed by atoms with Gasteiger partial charge in [0.2, 0.25) is 5.91 Å². The maximum Gasteiger partial charge on any atom is 0.239 e. The van der Waals surface area contributed by atoms with E-state index in [0.29, 0.717) is 28.1 Å². The van der Waals surface area contributed by atoms with Gasteiger partial charge >= 0.3 is 0 Å². The number of thiophene rings is 1. The van der Waals surface area contributed by atoms with Gasteiger partial charge in [0.1, 0.15) is 11.1 Å². The van der Waals surface area contributed by atoms with E-state index in [-0.39, 0.29) is 5.91 Å². The molecule has 1 fully saturated rings. The van der Waals surface area contributed by atoms with E-state index in [1.54, 1.807) is 17.4 Å². The lowest BCUT2D eigenvalue weighted by Gasteiger charge is -2.34. The third-order valence-corrected chi connectivity index (χ3v) is 7.87. The fraction of sp³-hybridized carbons (Fsp3) is 0.478. The number of nitrogens with one attached hydrogen (secondary N) is 1. The van der Waals surface area contributed by atoms with Crippen molar-refractivity contribution in [3.8, 4) is 6.07 Å². The van der Waals surface area contributed by atoms with Crippen LogP contribution in [0.4, 0.5) is 5.00 Å². The highest BCUT2D eigenvalue weighted by molar-refractivity contribution is 7.16. The molecule has 5 nitrogen and oxygen atoms in total. The number of halogens is 2. The second kappa shape index (κ2) is 9.89. The van der Waals surface area contributed by atoms with Crippen molar-refractivity contribution in [1.82, 2.24) is 9.80 Å². The molecule has 1 unspecified atom stereocenters. The summed E-state index contributed by atoms with van der Waals surface area (Å²) in [5.41, 5.74) is 2.89. The van der Waals surface area contributed by atoms with E-state index in [1.807, 2.05) is 12.1 Å². The molecule has 2 aliphatic rings. The van der Waals surface area contributed by atoms with E-state index in [9.17, 15) is 10.1 Å². The van der Waals surface area contributed by atoms with Crippen LogP contribution in [0.15, 0.2) is 18.2 Å². The van der Waals surface area contributed by atoms with Crippen molar-refractivity contribution in [2.75, 3.05) is 38.0 Å². The third-order valence-electron chi connectivity index (χ3n) is 6.12. The minimum absolute atomic E-state index is 0.0441. The zero-order valence-electron chi connectivity index (χ0n) is 17.6. The van der Waals surface area contributed by atoms with Crippen LogP contribution in [-0.2, 0) is 24.2 Å². The number of carbonyl (C=O) groups is 1. The van der Waals surface area contributed by atoms with Gasteiger partial charge in [-0.3, -0.25) is 14.6 Å². The molecule has 1 aromatic heterocycles. The van der Waals surface area contributed by atoms with Crippen LogP contribution in [0.3, 0.4) is 0 Å². The number of nitrogens with zero attached hydrogens (tertiary/aromatic N) is 3. The summed E-state index contributed by atoms with van der Waals surface area (Å²) in [5.74, 6) is 0.595. The Morgan fingerprint density at radius 3 is 2.71 bits per heavy atom. The minimum Gasteiger partial charge on any atom is -0.315 e. The fourth-order valence-electron chi connectivity index (χ4n) is 4.32. The van der Waals surface area contributed by atoms with Crippen molar-refractivity contribution < 1.29 is 4.79 Å². The number of fused-ring (bicyclic) bond motifs is 1. The standard InChI is InChI=1S/C23H26Cl2N4OS/c1-15-2-5-18-19(12-26)23(31-21(18)10-15)27-22(30)14-29-8-6-28(7-9-29)13-16-3-4-17(24)11-20(16)25/h3-4,11,15H,2,5-10,13-14H2,1H3,(H,27,30). The fourth-order valence-corrected chi connectivity index (χ4v) is 6.17. The molecule has 0 saturated carbocycles. The number of anilines is 1. The van der Waals surface area contributed by atoms with Crippen LogP contribution in [0.25, 0.3) is 0 Å². The average Bonchev–Trinajstić information content (AvgIpc) is 3.07. The summed E-state index contributed by atoms with van der Waals surface area (Å²) in [5, 5.41) is 14.7. The van der Waals surface area contributed by atoms with Gasteiger partial charge < -0.3 is 5.32 Å². The van der Waals surface area contributed by atoms with Crippen molar-refractivity contribution in [3.63, 3.8) is 0 Å². The van der Waals surface area contributed by atoms with Crippen molar-refractivity contribution in [2.24, 2.45) is 5.92 Å². The SMILES string of the molecule is CC1CCc2c(sc(NC(=O)CN3CCN(Cc4ccc(Cl)cc4Cl)CC3)c2C#N)C1. The van der Waals surface area contributed by atoms with E-state index in [2.05, 4.69) is 28.1 Å². The lowest BCUT2D eigenvalue weighted by Crippen LogP contribution is -2.48. The van der Waals surface area contributed by atoms with Gasteiger partial charge in [0.15, 0.2) is 0 Å². The molecule has 1 amide bonds. The van der Waals surface area contributed by atoms with Crippen LogP contribution in [0.2, 0.25) is 10.0 Å². The summed E-state index contributed by atoms with van der Waals surface area (Å²) in [6, 6.07) is 7.93. The molecule has 1 saturated heterocycles. The van der Waals surface area contributed by atoms with E-state index in [0.717, 1.165) is 68.1 Å². The Hall–Kier alpha value is -1.62. The third kappa shape index (κ3) is 5.42. The Morgan fingerprint density at radius 2 is 2.00 bits per heavy atom. The first-order valence-corrected chi connectivity index (χ1v) is 12.2. The summed E-state index contributed by atoms with van der Waals surface area (Å²) in [4.78, 5) is 18.4. The van der Waals surface area contributed by atoms with Crippen LogP contribution in [0.1, 0.15) is 34.9 Å². The van der Waals surface area contributed by atoms with Gasteiger partial charge in [-0.25, -0.2) is 0 Å². The van der Waals surface area contributed by atoms with E-state index < -0.39 is 0 Å². The number of rotatable bonds is 5. The van der Waals surface area contributed by atoms with Crippen LogP contribution < -0.4 is 5.32 Å². The van der Waals surface area contributed by atoms with Gasteiger partial charge in [0.05, 0.1) is 12.1 Å². The van der Waals surface area contributed by atoms with E-state index >= 15 is 0 Å². The highest BCUT2D eigenvalue weighted by Crippen LogP contribution is 2.39. The summed E-state index contributed by atoms with van der Waals surface area (Å²) < 4.78 is 0. The van der Waals surface area contributed by atoms with Crippen LogP contribution >= 0.6 is 34.5 Å². The zero-order valence-corrected chi connectivity index (χ0v) is 19.9. The molecule has 164 valence electrons. The lowest BCUT2D eigenvalue weighted by molar-refractivity contribution is -0.117. The molecule has 1 aliphatic carbocycles. The second-order valence-corrected chi connectivity index (χ2v) is 10.5. The van der Waals surface area contributed by atoms with Crippen molar-refractivity contribution in [3.05, 3.63) is 49.8 Å². The smallest absolute Gasteiger partial charge is 0.239 e. The number of nitriles is 1. The average molecular weight is 477 g/mol. The number of amides is 1. The predicted octanol–water partition coefficient (Wildman–Crippen LogP) is 4.81. The highest BCUT2D eigenvalue weighted by Gasteiger charge is 2.25. The topological polar surface area (TPSA) is 59.4 Å². The number of benzene rings is 1. The maximum absolute atomic E-state index is 12.7. The molecule has 1 aliphatic heterocycles. The van der Waals surface area contributed by atoms with Gasteiger partial charge in [-0.05, 0) is 48.4 Å². The second-order valence-electron chi connectivity index (χ2n) is 8.50. The predicted molar refractivity (Wildman–Crippen MR) is 127 cm³/mol. The highest BCUT2D eigenvalue weighted by atomic mass is 35.5. The summed E-state index contributed by atoms with van der Waals surface area (Å²) in [6.45, 7) is 6.76. The Kier molecular flexibility index (Phi) is 7.20. The molecule has 0 radical (unpaired) electrons. The molecular weight excluding hydrogens is 451 g/mol. The first-order chi connectivity index (χ1) is 14.9. The minimum atomic E-state index is -0.0441. The van der Waals surface area contributed by atoms with Crippen molar-refractivity contribution in [1.29, 1.82) is 5.26 Å². The Balaban J connectivity index is 1.29. The molecule has 1 atom stereocenters. The summed E-state index contributed by atoms with van der Waals surface area (Å²) >= 11 is 13.9. The van der Waals surface area contributed by atoms with Crippen LogP contribution in [0, 0.1) is 17.2 Å². The molecular formula is C23H26Cl2N4OS. The molecule has 8 heteroatoms. The molecule has 0 spiro atoms. The van der Waals surface area contributed by atoms with E-state index in [1.165, 1.54) is 4.88 Å². The first-order valence-electron chi connectivity index (χ1n) is 10.7. The van der Waals surface area contributed by atoms with Gasteiger partial charge in [0.25, 0.3) is 0 Å². The number of hydrogen-bond acceptors (Lipinski definition) is 5. The molecule has 0 bridgehead atoms. The normalized spacial score (nSPS) is 19.6. The molecule has 2 aromatic rings. The number of piperazine rings is 1.